The highest BCUT2D eigenvalue weighted by Crippen LogP contribution is 2.24. The normalized spacial score (nSPS) is 14.8. The Kier molecular flexibility index (Phi) is 4.04. The summed E-state index contributed by atoms with van der Waals surface area (Å²) in [6.45, 7) is 1.84. The molecule has 100 valence electrons. The molecule has 0 spiro atoms. The molecule has 1 aliphatic rings. The number of benzene rings is 2. The molecule has 0 saturated heterocycles. The quantitative estimate of drug-likeness (QED) is 0.808. The first kappa shape index (κ1) is 12.9. The number of ether oxygens (including phenoxy) is 1. The van der Waals surface area contributed by atoms with Crippen molar-refractivity contribution in [3.05, 3.63) is 40.9 Å². The average molecular weight is 320 g/mol. The van der Waals surface area contributed by atoms with Crippen LogP contribution in [0.25, 0.3) is 10.8 Å². The summed E-state index contributed by atoms with van der Waals surface area (Å²) in [4.78, 5) is 0. The first-order valence-corrected chi connectivity index (χ1v) is 7.66. The average Bonchev–Trinajstić information content (AvgIpc) is 3.22. The molecule has 19 heavy (non-hydrogen) atoms. The molecule has 1 aliphatic carbocycles. The van der Waals surface area contributed by atoms with E-state index in [4.69, 9.17) is 4.74 Å². The van der Waals surface area contributed by atoms with Gasteiger partial charge in [-0.1, -0.05) is 28.1 Å². The van der Waals surface area contributed by atoms with Crippen LogP contribution in [-0.4, -0.2) is 19.2 Å². The van der Waals surface area contributed by atoms with E-state index in [1.165, 1.54) is 23.6 Å². The lowest BCUT2D eigenvalue weighted by atomic mass is 10.1. The van der Waals surface area contributed by atoms with Crippen molar-refractivity contribution >= 4 is 26.7 Å². The predicted octanol–water partition coefficient (Wildman–Crippen LogP) is 4.12. The van der Waals surface area contributed by atoms with Crippen molar-refractivity contribution in [2.24, 2.45) is 0 Å². The van der Waals surface area contributed by atoms with Gasteiger partial charge in [0.25, 0.3) is 0 Å². The Labute approximate surface area is 122 Å². The molecule has 0 radical (unpaired) electrons. The maximum absolute atomic E-state index is 5.79. The van der Waals surface area contributed by atoms with Crippen LogP contribution in [0.15, 0.2) is 40.9 Å². The summed E-state index contributed by atoms with van der Waals surface area (Å²) in [5, 5.41) is 5.95. The minimum atomic E-state index is 0.780. The van der Waals surface area contributed by atoms with E-state index < -0.39 is 0 Å². The second kappa shape index (κ2) is 5.93. The van der Waals surface area contributed by atoms with Crippen molar-refractivity contribution in [3.63, 3.8) is 0 Å². The van der Waals surface area contributed by atoms with E-state index in [9.17, 15) is 0 Å². The molecular formula is C16H18BrNO. The molecule has 1 fully saturated rings. The molecule has 0 heterocycles. The van der Waals surface area contributed by atoms with Crippen LogP contribution in [0.4, 0.5) is 0 Å². The third kappa shape index (κ3) is 3.71. The monoisotopic (exact) mass is 319 g/mol. The molecule has 2 nitrogen and oxygen atoms in total. The zero-order valence-electron chi connectivity index (χ0n) is 10.9. The summed E-state index contributed by atoms with van der Waals surface area (Å²) < 4.78 is 6.91. The summed E-state index contributed by atoms with van der Waals surface area (Å²) in [5.41, 5.74) is 0. The molecule has 3 rings (SSSR count). The van der Waals surface area contributed by atoms with Crippen molar-refractivity contribution in [1.82, 2.24) is 5.32 Å². The maximum atomic E-state index is 5.79. The molecule has 2 aromatic rings. The van der Waals surface area contributed by atoms with Crippen molar-refractivity contribution < 1.29 is 4.74 Å². The van der Waals surface area contributed by atoms with E-state index in [1.54, 1.807) is 0 Å². The zero-order chi connectivity index (χ0) is 13.1. The highest BCUT2D eigenvalue weighted by Gasteiger charge is 2.19. The number of hydrogen-bond acceptors (Lipinski definition) is 2. The van der Waals surface area contributed by atoms with E-state index in [2.05, 4.69) is 51.6 Å². The molecule has 0 aliphatic heterocycles. The minimum absolute atomic E-state index is 0.780. The molecule has 0 atom stereocenters. The third-order valence-electron chi connectivity index (χ3n) is 3.37. The van der Waals surface area contributed by atoms with E-state index >= 15 is 0 Å². The second-order valence-corrected chi connectivity index (χ2v) is 6.00. The summed E-state index contributed by atoms with van der Waals surface area (Å²) in [7, 11) is 0. The molecule has 1 saturated carbocycles. The van der Waals surface area contributed by atoms with Crippen molar-refractivity contribution in [1.29, 1.82) is 0 Å². The van der Waals surface area contributed by atoms with Gasteiger partial charge in [-0.05, 0) is 60.8 Å². The van der Waals surface area contributed by atoms with Crippen LogP contribution in [0.5, 0.6) is 5.75 Å². The lowest BCUT2D eigenvalue weighted by molar-refractivity contribution is 0.308. The van der Waals surface area contributed by atoms with Crippen LogP contribution in [-0.2, 0) is 0 Å². The lowest BCUT2D eigenvalue weighted by Crippen LogP contribution is -2.19. The standard InChI is InChI=1S/C16H18BrNO/c17-14-4-2-13-11-16(7-3-12(13)10-14)19-9-1-8-18-15-5-6-15/h2-4,7,10-11,15,18H,1,5-6,8-9H2. The van der Waals surface area contributed by atoms with E-state index in [0.29, 0.717) is 0 Å². The van der Waals surface area contributed by atoms with Crippen LogP contribution in [0.2, 0.25) is 0 Å². The second-order valence-electron chi connectivity index (χ2n) is 5.08. The Hall–Kier alpha value is -1.06. The largest absolute Gasteiger partial charge is 0.494 e. The van der Waals surface area contributed by atoms with Gasteiger partial charge in [-0.15, -0.1) is 0 Å². The molecule has 3 heteroatoms. The van der Waals surface area contributed by atoms with E-state index in [-0.39, 0.29) is 0 Å². The first-order valence-electron chi connectivity index (χ1n) is 6.87. The fourth-order valence-electron chi connectivity index (χ4n) is 2.14. The van der Waals surface area contributed by atoms with Gasteiger partial charge in [-0.3, -0.25) is 0 Å². The van der Waals surface area contributed by atoms with Crippen LogP contribution >= 0.6 is 15.9 Å². The van der Waals surface area contributed by atoms with Gasteiger partial charge in [0.2, 0.25) is 0 Å². The number of fused-ring (bicyclic) bond motifs is 1. The topological polar surface area (TPSA) is 21.3 Å². The molecular weight excluding hydrogens is 302 g/mol. The van der Waals surface area contributed by atoms with Gasteiger partial charge in [0.1, 0.15) is 5.75 Å². The highest BCUT2D eigenvalue weighted by molar-refractivity contribution is 9.10. The van der Waals surface area contributed by atoms with Crippen LogP contribution in [0.3, 0.4) is 0 Å². The van der Waals surface area contributed by atoms with Gasteiger partial charge in [0, 0.05) is 10.5 Å². The third-order valence-corrected chi connectivity index (χ3v) is 3.87. The summed E-state index contributed by atoms with van der Waals surface area (Å²) in [5.74, 6) is 0.959. The molecule has 0 amide bonds. The molecule has 0 unspecified atom stereocenters. The van der Waals surface area contributed by atoms with Crippen LogP contribution in [0, 0.1) is 0 Å². The van der Waals surface area contributed by atoms with Gasteiger partial charge in [-0.25, -0.2) is 0 Å². The van der Waals surface area contributed by atoms with Gasteiger partial charge >= 0.3 is 0 Å². The van der Waals surface area contributed by atoms with E-state index in [0.717, 1.165) is 35.8 Å². The Balaban J connectivity index is 1.53. The number of hydrogen-bond donors (Lipinski definition) is 1. The van der Waals surface area contributed by atoms with Crippen molar-refractivity contribution in [3.8, 4) is 5.75 Å². The summed E-state index contributed by atoms with van der Waals surface area (Å²) in [6, 6.07) is 13.3. The first-order chi connectivity index (χ1) is 9.31. The van der Waals surface area contributed by atoms with Crippen molar-refractivity contribution in [2.75, 3.05) is 13.2 Å². The molecule has 1 N–H and O–H groups in total. The minimum Gasteiger partial charge on any atom is -0.494 e. The van der Waals surface area contributed by atoms with Gasteiger partial charge in [-0.2, -0.15) is 0 Å². The summed E-state index contributed by atoms with van der Waals surface area (Å²) in [6.07, 6.45) is 3.76. The number of nitrogens with one attached hydrogen (secondary N) is 1. The fourth-order valence-corrected chi connectivity index (χ4v) is 2.52. The lowest BCUT2D eigenvalue weighted by Gasteiger charge is -2.08. The molecule has 0 aromatic heterocycles. The SMILES string of the molecule is Brc1ccc2cc(OCCCNC3CC3)ccc2c1. The highest BCUT2D eigenvalue weighted by atomic mass is 79.9. The van der Waals surface area contributed by atoms with Gasteiger partial charge in [0.15, 0.2) is 0 Å². The Bertz CT molecular complexity index is 566. The Morgan fingerprint density at radius 3 is 2.74 bits per heavy atom. The van der Waals surface area contributed by atoms with Crippen LogP contribution < -0.4 is 10.1 Å². The smallest absolute Gasteiger partial charge is 0.119 e. The molecule has 2 aromatic carbocycles. The van der Waals surface area contributed by atoms with Crippen LogP contribution in [0.1, 0.15) is 19.3 Å². The summed E-state index contributed by atoms with van der Waals surface area (Å²) >= 11 is 3.49. The maximum Gasteiger partial charge on any atom is 0.119 e. The number of rotatable bonds is 6. The predicted molar refractivity (Wildman–Crippen MR) is 82.8 cm³/mol. The fraction of sp³-hybridized carbons (Fsp3) is 0.375. The van der Waals surface area contributed by atoms with E-state index in [1.807, 2.05) is 6.07 Å². The van der Waals surface area contributed by atoms with Crippen molar-refractivity contribution in [2.45, 2.75) is 25.3 Å². The molecule has 0 bridgehead atoms. The number of halogens is 1. The Morgan fingerprint density at radius 2 is 1.89 bits per heavy atom. The zero-order valence-corrected chi connectivity index (χ0v) is 12.4. The Morgan fingerprint density at radius 1 is 1.11 bits per heavy atom. The van der Waals surface area contributed by atoms with Gasteiger partial charge < -0.3 is 10.1 Å². The van der Waals surface area contributed by atoms with Gasteiger partial charge in [0.05, 0.1) is 6.61 Å².